The number of carbonyl (C=O) groups is 1. The number of benzene rings is 3. The Morgan fingerprint density at radius 2 is 1.56 bits per heavy atom. The Balaban J connectivity index is 0.000000330. The molecule has 0 aromatic heterocycles. The van der Waals surface area contributed by atoms with E-state index in [-0.39, 0.29) is 62.7 Å². The van der Waals surface area contributed by atoms with Crippen LogP contribution in [-0.2, 0) is 4.79 Å². The normalized spacial score (nSPS) is 9.12. The monoisotopic (exact) mass is 355 g/mol. The molecule has 0 bridgehead atoms. The van der Waals surface area contributed by atoms with Gasteiger partial charge in [0.1, 0.15) is 5.75 Å². The Morgan fingerprint density at radius 3 is 2.12 bits per heavy atom. The molecule has 0 heterocycles. The quantitative estimate of drug-likeness (QED) is 0.436. The van der Waals surface area contributed by atoms with Crippen molar-refractivity contribution in [3.8, 4) is 16.9 Å². The molecule has 3 aromatic rings. The van der Waals surface area contributed by atoms with Crippen molar-refractivity contribution in [2.75, 3.05) is 0 Å². The zero-order valence-electron chi connectivity index (χ0n) is 14.0. The second-order valence-electron chi connectivity index (χ2n) is 5.06. The van der Waals surface area contributed by atoms with Crippen LogP contribution >= 0.6 is 0 Å². The first-order chi connectivity index (χ1) is 11.6. The van der Waals surface area contributed by atoms with Crippen molar-refractivity contribution in [2.45, 2.75) is 0 Å². The van der Waals surface area contributed by atoms with Crippen molar-refractivity contribution in [1.82, 2.24) is 0 Å². The van der Waals surface area contributed by atoms with Gasteiger partial charge in [-0.2, -0.15) is 42.3 Å². The van der Waals surface area contributed by atoms with E-state index in [9.17, 15) is 14.7 Å². The zero-order chi connectivity index (χ0) is 17.4. The van der Waals surface area contributed by atoms with Gasteiger partial charge in [-0.15, -0.1) is 18.2 Å². The molecule has 0 amide bonds. The van der Waals surface area contributed by atoms with E-state index in [0.717, 1.165) is 16.7 Å². The summed E-state index contributed by atoms with van der Waals surface area (Å²) in [6.45, 7) is 3.72. The van der Waals surface area contributed by atoms with Crippen LogP contribution < -0.4 is 51.4 Å². The van der Waals surface area contributed by atoms with Gasteiger partial charge < -0.3 is 9.90 Å². The molecular formula is C21H16KO3-. The number of carbonyl (C=O) groups excluding carboxylic acids is 2. The van der Waals surface area contributed by atoms with Gasteiger partial charge >= 0.3 is 51.4 Å². The summed E-state index contributed by atoms with van der Waals surface area (Å²) in [6.07, 6.45) is 2.40. The molecule has 3 rings (SSSR count). The molecule has 25 heavy (non-hydrogen) atoms. The van der Waals surface area contributed by atoms with Crippen LogP contribution in [0.4, 0.5) is 0 Å². The van der Waals surface area contributed by atoms with Gasteiger partial charge in [0.05, 0.1) is 11.8 Å². The van der Waals surface area contributed by atoms with E-state index < -0.39 is 0 Å². The van der Waals surface area contributed by atoms with Crippen molar-refractivity contribution < 1.29 is 66.1 Å². The Hall–Kier alpha value is -1.69. The Bertz CT molecular complexity index is 830. The molecule has 0 saturated heterocycles. The number of rotatable bonds is 3. The molecule has 0 aliphatic carbocycles. The van der Waals surface area contributed by atoms with Crippen molar-refractivity contribution in [1.29, 1.82) is 0 Å². The smallest absolute Gasteiger partial charge is 0.507 e. The summed E-state index contributed by atoms with van der Waals surface area (Å²) in [6, 6.07) is 21.5. The predicted molar refractivity (Wildman–Crippen MR) is 94.6 cm³/mol. The molecule has 3 nitrogen and oxygen atoms in total. The SMILES string of the molecule is O=[C-]c1cccc(-c2ccc(O)c(C=O)c2)c1.[CH2-]c1ccccc1.[K+]. The second kappa shape index (κ2) is 11.0. The van der Waals surface area contributed by atoms with Crippen molar-refractivity contribution in [3.05, 3.63) is 96.4 Å². The van der Waals surface area contributed by atoms with Gasteiger partial charge in [-0.1, -0.05) is 23.8 Å². The molecule has 0 atom stereocenters. The minimum Gasteiger partial charge on any atom is -0.507 e. The molecule has 3 aromatic carbocycles. The zero-order valence-corrected chi connectivity index (χ0v) is 17.1. The first-order valence-corrected chi connectivity index (χ1v) is 7.28. The molecule has 0 unspecified atom stereocenters. The predicted octanol–water partition coefficient (Wildman–Crippen LogP) is 1.20. The molecule has 120 valence electrons. The van der Waals surface area contributed by atoms with Crippen LogP contribution in [0.5, 0.6) is 5.75 Å². The van der Waals surface area contributed by atoms with Gasteiger partial charge in [0.25, 0.3) is 0 Å². The number of aromatic hydroxyl groups is 1. The molecule has 4 heteroatoms. The van der Waals surface area contributed by atoms with Gasteiger partial charge in [0.15, 0.2) is 6.29 Å². The summed E-state index contributed by atoms with van der Waals surface area (Å²) in [5.41, 5.74) is 3.31. The third-order valence-electron chi connectivity index (χ3n) is 3.31. The minimum absolute atomic E-state index is 0. The summed E-state index contributed by atoms with van der Waals surface area (Å²) < 4.78 is 0. The van der Waals surface area contributed by atoms with Crippen molar-refractivity contribution in [3.63, 3.8) is 0 Å². The van der Waals surface area contributed by atoms with Crippen LogP contribution in [0.3, 0.4) is 0 Å². The maximum absolute atomic E-state index is 10.7. The maximum Gasteiger partial charge on any atom is 1.00 e. The second-order valence-corrected chi connectivity index (χ2v) is 5.06. The molecule has 0 spiro atoms. The van der Waals surface area contributed by atoms with Crippen LogP contribution in [0.1, 0.15) is 21.5 Å². The first kappa shape index (κ1) is 21.3. The number of hydrogen-bond donors (Lipinski definition) is 1. The standard InChI is InChI=1S/C14H9O3.C7H7.K/c15-8-10-2-1-3-11(6-10)12-4-5-14(17)13(7-12)9-16;1-7-5-3-2-4-6-7;/h1-7,9,17H;2-6H,1H2;/q2*-1;+1. The van der Waals surface area contributed by atoms with E-state index >= 15 is 0 Å². The molecule has 0 saturated carbocycles. The van der Waals surface area contributed by atoms with E-state index in [4.69, 9.17) is 0 Å². The molecule has 0 aliphatic rings. The van der Waals surface area contributed by atoms with Crippen molar-refractivity contribution in [2.24, 2.45) is 0 Å². The third-order valence-corrected chi connectivity index (χ3v) is 3.31. The topological polar surface area (TPSA) is 54.4 Å². The number of hydrogen-bond acceptors (Lipinski definition) is 3. The van der Waals surface area contributed by atoms with E-state index in [1.165, 1.54) is 6.07 Å². The molecule has 1 N–H and O–H groups in total. The van der Waals surface area contributed by atoms with Gasteiger partial charge in [0, 0.05) is 0 Å². The fourth-order valence-corrected chi connectivity index (χ4v) is 2.07. The van der Waals surface area contributed by atoms with E-state index in [1.807, 2.05) is 42.7 Å². The maximum atomic E-state index is 10.7. The Morgan fingerprint density at radius 1 is 0.880 bits per heavy atom. The summed E-state index contributed by atoms with van der Waals surface area (Å²) >= 11 is 0. The number of phenolic OH excluding ortho intramolecular Hbond substituents is 1. The van der Waals surface area contributed by atoms with Gasteiger partial charge in [-0.3, -0.25) is 4.79 Å². The van der Waals surface area contributed by atoms with Crippen LogP contribution in [-0.4, -0.2) is 17.7 Å². The van der Waals surface area contributed by atoms with Gasteiger partial charge in [-0.05, 0) is 17.7 Å². The van der Waals surface area contributed by atoms with Crippen LogP contribution in [0.2, 0.25) is 0 Å². The molecule has 0 fully saturated rings. The first-order valence-electron chi connectivity index (χ1n) is 7.28. The summed E-state index contributed by atoms with van der Waals surface area (Å²) in [5, 5.41) is 9.39. The Kier molecular flexibility index (Phi) is 9.42. The average Bonchev–Trinajstić information content (AvgIpc) is 2.63. The molecular weight excluding hydrogens is 339 g/mol. The fraction of sp³-hybridized carbons (Fsp3) is 0. The third kappa shape index (κ3) is 6.61. The van der Waals surface area contributed by atoms with E-state index in [1.54, 1.807) is 30.3 Å². The molecule has 0 radical (unpaired) electrons. The largest absolute Gasteiger partial charge is 1.00 e. The van der Waals surface area contributed by atoms with Crippen molar-refractivity contribution >= 4 is 12.6 Å². The summed E-state index contributed by atoms with van der Waals surface area (Å²) in [7, 11) is 0. The minimum atomic E-state index is -0.0538. The van der Waals surface area contributed by atoms with Crippen LogP contribution in [0.25, 0.3) is 11.1 Å². The van der Waals surface area contributed by atoms with Crippen LogP contribution in [0, 0.1) is 6.92 Å². The number of phenols is 1. The Labute approximate surface area is 190 Å². The van der Waals surface area contributed by atoms with Crippen LogP contribution in [0.15, 0.2) is 72.8 Å². The summed E-state index contributed by atoms with van der Waals surface area (Å²) in [5.74, 6) is -0.0538. The van der Waals surface area contributed by atoms with E-state index in [0.29, 0.717) is 11.8 Å². The molecule has 0 aliphatic heterocycles. The van der Waals surface area contributed by atoms with Gasteiger partial charge in [-0.25, -0.2) is 0 Å². The van der Waals surface area contributed by atoms with Gasteiger partial charge in [0.2, 0.25) is 0 Å². The van der Waals surface area contributed by atoms with E-state index in [2.05, 4.69) is 6.92 Å². The average molecular weight is 355 g/mol. The number of aldehydes is 1. The fourth-order valence-electron chi connectivity index (χ4n) is 2.07. The summed E-state index contributed by atoms with van der Waals surface area (Å²) in [4.78, 5) is 21.3.